The zero-order chi connectivity index (χ0) is 16.0. The minimum atomic E-state index is -0.174. The van der Waals surface area contributed by atoms with E-state index >= 15 is 0 Å². The summed E-state index contributed by atoms with van der Waals surface area (Å²) in [5.74, 6) is -0.174. The van der Waals surface area contributed by atoms with Gasteiger partial charge < -0.3 is 0 Å². The molecule has 0 aromatic heterocycles. The average molecular weight is 284 g/mol. The number of rotatable bonds is 6. The summed E-state index contributed by atoms with van der Waals surface area (Å²) in [6, 6.07) is 5.20. The van der Waals surface area contributed by atoms with Crippen LogP contribution in [0.25, 0.3) is 0 Å². The van der Waals surface area contributed by atoms with Crippen LogP contribution in [-0.4, -0.2) is 0 Å². The maximum atomic E-state index is 13.9. The molecule has 0 N–H and O–H groups in total. The van der Waals surface area contributed by atoms with Crippen molar-refractivity contribution >= 4 is 0 Å². The largest absolute Gasteiger partial charge is 0.207 e. The Morgan fingerprint density at radius 2 is 1.95 bits per heavy atom. The van der Waals surface area contributed by atoms with Crippen LogP contribution in [0.5, 0.6) is 0 Å². The van der Waals surface area contributed by atoms with Gasteiger partial charge >= 0.3 is 0 Å². The van der Waals surface area contributed by atoms with E-state index in [9.17, 15) is 4.39 Å². The molecule has 112 valence electrons. The molecule has 0 saturated carbocycles. The quantitative estimate of drug-likeness (QED) is 0.554. The van der Waals surface area contributed by atoms with E-state index in [2.05, 4.69) is 26.2 Å². The van der Waals surface area contributed by atoms with Crippen molar-refractivity contribution in [2.45, 2.75) is 40.5 Å². The summed E-state index contributed by atoms with van der Waals surface area (Å²) in [4.78, 5) is 0. The standard InChI is InChI=1S/C20H25F/c1-7-9-17(8-2)20(14(3)4)16(6)13-18-12-15(5)10-11-19(18)21/h7,9-12H,3,6,8,13H2,1-2,4-5H3/b9-7-,20-17-. The molecular weight excluding hydrogens is 259 g/mol. The van der Waals surface area contributed by atoms with Crippen LogP contribution in [0.4, 0.5) is 4.39 Å². The topological polar surface area (TPSA) is 0 Å². The Balaban J connectivity index is 3.20. The molecular formula is C20H25F. The first-order valence-corrected chi connectivity index (χ1v) is 7.35. The van der Waals surface area contributed by atoms with Gasteiger partial charge in [-0.2, -0.15) is 0 Å². The molecule has 0 bridgehead atoms. The first-order chi connectivity index (χ1) is 9.90. The average Bonchev–Trinajstić information content (AvgIpc) is 2.41. The van der Waals surface area contributed by atoms with E-state index in [1.165, 1.54) is 11.6 Å². The van der Waals surface area contributed by atoms with Gasteiger partial charge in [0.2, 0.25) is 0 Å². The van der Waals surface area contributed by atoms with Crippen molar-refractivity contribution in [3.8, 4) is 0 Å². The molecule has 0 aliphatic rings. The summed E-state index contributed by atoms with van der Waals surface area (Å²) >= 11 is 0. The molecule has 0 radical (unpaired) electrons. The zero-order valence-electron chi connectivity index (χ0n) is 13.6. The van der Waals surface area contributed by atoms with Gasteiger partial charge in [0.05, 0.1) is 0 Å². The number of halogens is 1. The Kier molecular flexibility index (Phi) is 6.36. The lowest BCUT2D eigenvalue weighted by molar-refractivity contribution is 0.613. The number of benzene rings is 1. The number of aryl methyl sites for hydroxylation is 1. The van der Waals surface area contributed by atoms with Gasteiger partial charge in [0.25, 0.3) is 0 Å². The van der Waals surface area contributed by atoms with Gasteiger partial charge in [0, 0.05) is 6.42 Å². The van der Waals surface area contributed by atoms with E-state index in [1.807, 2.05) is 32.9 Å². The van der Waals surface area contributed by atoms with E-state index in [0.29, 0.717) is 12.0 Å². The summed E-state index contributed by atoms with van der Waals surface area (Å²) in [5, 5.41) is 0. The van der Waals surface area contributed by atoms with Crippen molar-refractivity contribution < 1.29 is 4.39 Å². The fourth-order valence-corrected chi connectivity index (χ4v) is 2.54. The maximum absolute atomic E-state index is 13.9. The monoisotopic (exact) mass is 284 g/mol. The van der Waals surface area contributed by atoms with Crippen molar-refractivity contribution in [3.63, 3.8) is 0 Å². The third-order valence-corrected chi connectivity index (χ3v) is 3.46. The van der Waals surface area contributed by atoms with Gasteiger partial charge in [-0.05, 0) is 55.5 Å². The minimum absolute atomic E-state index is 0.174. The highest BCUT2D eigenvalue weighted by molar-refractivity contribution is 5.51. The molecule has 21 heavy (non-hydrogen) atoms. The molecule has 0 saturated heterocycles. The Bertz CT molecular complexity index is 600. The first kappa shape index (κ1) is 17.2. The number of hydrogen-bond donors (Lipinski definition) is 0. The summed E-state index contributed by atoms with van der Waals surface area (Å²) in [6.45, 7) is 16.3. The molecule has 0 aliphatic carbocycles. The third-order valence-electron chi connectivity index (χ3n) is 3.46. The highest BCUT2D eigenvalue weighted by atomic mass is 19.1. The molecule has 0 atom stereocenters. The molecule has 0 aliphatic heterocycles. The molecule has 0 unspecified atom stereocenters. The van der Waals surface area contributed by atoms with Gasteiger partial charge in [-0.1, -0.05) is 55.5 Å². The van der Waals surface area contributed by atoms with Crippen LogP contribution in [0.3, 0.4) is 0 Å². The van der Waals surface area contributed by atoms with Crippen LogP contribution in [-0.2, 0) is 6.42 Å². The molecule has 1 rings (SSSR count). The van der Waals surface area contributed by atoms with Gasteiger partial charge in [-0.3, -0.25) is 0 Å². The highest BCUT2D eigenvalue weighted by Gasteiger charge is 2.11. The van der Waals surface area contributed by atoms with Gasteiger partial charge in [0.15, 0.2) is 0 Å². The molecule has 0 amide bonds. The Morgan fingerprint density at radius 3 is 2.48 bits per heavy atom. The lowest BCUT2D eigenvalue weighted by Gasteiger charge is -2.16. The van der Waals surface area contributed by atoms with Crippen LogP contribution in [0.1, 0.15) is 38.3 Å². The van der Waals surface area contributed by atoms with E-state index in [0.717, 1.165) is 28.7 Å². The molecule has 1 aromatic rings. The van der Waals surface area contributed by atoms with Gasteiger partial charge in [-0.15, -0.1) is 0 Å². The third kappa shape index (κ3) is 4.56. The molecule has 0 fully saturated rings. The van der Waals surface area contributed by atoms with E-state index in [-0.39, 0.29) is 5.82 Å². The van der Waals surface area contributed by atoms with Crippen LogP contribution in [0.2, 0.25) is 0 Å². The Labute approximate surface area is 128 Å². The smallest absolute Gasteiger partial charge is 0.126 e. The van der Waals surface area contributed by atoms with Crippen LogP contribution < -0.4 is 0 Å². The van der Waals surface area contributed by atoms with E-state index in [4.69, 9.17) is 0 Å². The fourth-order valence-electron chi connectivity index (χ4n) is 2.54. The van der Waals surface area contributed by atoms with Crippen molar-refractivity contribution in [1.29, 1.82) is 0 Å². The van der Waals surface area contributed by atoms with Crippen LogP contribution in [0.15, 0.2) is 65.8 Å². The normalized spacial score (nSPS) is 12.4. The summed E-state index contributed by atoms with van der Waals surface area (Å²) < 4.78 is 13.9. The Morgan fingerprint density at radius 1 is 1.29 bits per heavy atom. The second-order valence-corrected chi connectivity index (χ2v) is 5.41. The second-order valence-electron chi connectivity index (χ2n) is 5.41. The Hall–Kier alpha value is -1.89. The molecule has 1 heteroatoms. The first-order valence-electron chi connectivity index (χ1n) is 7.35. The highest BCUT2D eigenvalue weighted by Crippen LogP contribution is 2.27. The van der Waals surface area contributed by atoms with Crippen molar-refractivity contribution in [1.82, 2.24) is 0 Å². The molecule has 1 aromatic carbocycles. The summed E-state index contributed by atoms with van der Waals surface area (Å²) in [7, 11) is 0. The predicted octanol–water partition coefficient (Wildman–Crippen LogP) is 6.09. The van der Waals surface area contributed by atoms with Gasteiger partial charge in [-0.25, -0.2) is 4.39 Å². The van der Waals surface area contributed by atoms with E-state index < -0.39 is 0 Å². The second kappa shape index (κ2) is 7.78. The van der Waals surface area contributed by atoms with Crippen molar-refractivity contribution in [3.05, 3.63) is 82.7 Å². The lowest BCUT2D eigenvalue weighted by Crippen LogP contribution is -2.01. The molecule has 0 nitrogen and oxygen atoms in total. The van der Waals surface area contributed by atoms with E-state index in [1.54, 1.807) is 6.07 Å². The SMILES string of the molecule is C=C(C)/C(C(=C)Cc1cc(C)ccc1F)=C(/C=C\C)CC. The van der Waals surface area contributed by atoms with Crippen molar-refractivity contribution in [2.75, 3.05) is 0 Å². The van der Waals surface area contributed by atoms with Crippen LogP contribution >= 0.6 is 0 Å². The van der Waals surface area contributed by atoms with Gasteiger partial charge in [0.1, 0.15) is 5.82 Å². The summed E-state index contributed by atoms with van der Waals surface area (Å²) in [6.07, 6.45) is 5.52. The number of hydrogen-bond acceptors (Lipinski definition) is 0. The maximum Gasteiger partial charge on any atom is 0.126 e. The van der Waals surface area contributed by atoms with Crippen molar-refractivity contribution in [2.24, 2.45) is 0 Å². The number of allylic oxidation sites excluding steroid dienone is 6. The predicted molar refractivity (Wildman–Crippen MR) is 90.9 cm³/mol. The minimum Gasteiger partial charge on any atom is -0.207 e. The molecule has 0 heterocycles. The molecule has 0 spiro atoms. The fraction of sp³-hybridized carbons (Fsp3) is 0.300. The van der Waals surface area contributed by atoms with Crippen LogP contribution in [0, 0.1) is 12.7 Å². The zero-order valence-corrected chi connectivity index (χ0v) is 13.6. The summed E-state index contributed by atoms with van der Waals surface area (Å²) in [5.41, 5.74) is 5.91. The lowest BCUT2D eigenvalue weighted by atomic mass is 9.89.